The van der Waals surface area contributed by atoms with E-state index in [2.05, 4.69) is 26.6 Å². The van der Waals surface area contributed by atoms with Crippen molar-refractivity contribution in [1.29, 1.82) is 0 Å². The average Bonchev–Trinajstić information content (AvgIpc) is 2.64. The van der Waals surface area contributed by atoms with Gasteiger partial charge in [0.15, 0.2) is 0 Å². The summed E-state index contributed by atoms with van der Waals surface area (Å²) in [7, 11) is 0. The molecule has 30 heavy (non-hydrogen) atoms. The Kier molecular flexibility index (Phi) is 17.7. The molecule has 0 rings (SSSR count). The molecule has 0 spiro atoms. The molecule has 0 saturated heterocycles. The van der Waals surface area contributed by atoms with Gasteiger partial charge in [0, 0.05) is 0 Å². The minimum Gasteiger partial charge on any atom is -0.478 e. The van der Waals surface area contributed by atoms with Gasteiger partial charge < -0.3 is 15.1 Å². The van der Waals surface area contributed by atoms with Crippen LogP contribution in [-0.4, -0.2) is 40.3 Å². The number of unbranched alkanes of at least 4 members (excludes halogenated alkanes) is 2. The number of carbonyl (C=O) groups is 3. The van der Waals surface area contributed by atoms with E-state index in [0.29, 0.717) is 12.5 Å². The third kappa shape index (κ3) is 19.2. The van der Waals surface area contributed by atoms with Crippen molar-refractivity contribution in [3.8, 4) is 0 Å². The lowest BCUT2D eigenvalue weighted by Gasteiger charge is -2.17. The summed E-state index contributed by atoms with van der Waals surface area (Å²) in [4.78, 5) is 50.3. The Balaban J connectivity index is 0. The third-order valence-corrected chi connectivity index (χ3v) is 3.33. The number of carbonyl (C=O) groups excluding carboxylic acids is 1. The summed E-state index contributed by atoms with van der Waals surface area (Å²) in [6.45, 7) is 11.7. The molecule has 2 N–H and O–H groups in total. The van der Waals surface area contributed by atoms with Gasteiger partial charge in [0.25, 0.3) is 5.76 Å². The molecule has 1 unspecified atom stereocenters. The van der Waals surface area contributed by atoms with Crippen LogP contribution in [-0.2, 0) is 39.0 Å². The van der Waals surface area contributed by atoms with Crippen molar-refractivity contribution < 1.29 is 49.2 Å². The van der Waals surface area contributed by atoms with Gasteiger partial charge in [-0.05, 0) is 45.1 Å². The summed E-state index contributed by atoms with van der Waals surface area (Å²) < 4.78 is 0. The molecule has 0 bridgehead atoms. The highest BCUT2D eigenvalue weighted by molar-refractivity contribution is 5.92. The van der Waals surface area contributed by atoms with E-state index in [9.17, 15) is 14.4 Å². The number of hydrogen-bond donors (Lipinski definition) is 2. The van der Waals surface area contributed by atoms with Crippen LogP contribution in [0.1, 0.15) is 80.1 Å². The van der Waals surface area contributed by atoms with Gasteiger partial charge in [-0.3, -0.25) is 4.89 Å². The Morgan fingerprint density at radius 3 is 2.00 bits per heavy atom. The van der Waals surface area contributed by atoms with Crippen molar-refractivity contribution in [2.75, 3.05) is 6.61 Å². The zero-order valence-corrected chi connectivity index (χ0v) is 18.8. The van der Waals surface area contributed by atoms with Crippen molar-refractivity contribution in [1.82, 2.24) is 0 Å². The molecule has 0 aromatic heterocycles. The van der Waals surface area contributed by atoms with E-state index in [-0.39, 0.29) is 18.5 Å². The number of aliphatic carboxylic acids is 2. The number of rotatable bonds is 14. The number of carboxylic acid groups (broad SMARTS) is 2. The molecule has 0 heterocycles. The minimum absolute atomic E-state index is 0.0940. The Hall–Kier alpha value is -2.17. The molecule has 0 aliphatic heterocycles. The molecule has 0 fully saturated rings. The normalized spacial score (nSPS) is 12.4. The zero-order valence-electron chi connectivity index (χ0n) is 18.8. The van der Waals surface area contributed by atoms with E-state index in [0.717, 1.165) is 32.1 Å². The molecule has 10 nitrogen and oxygen atoms in total. The number of hydrogen-bond acceptors (Lipinski definition) is 8. The molecule has 176 valence electrons. The molecule has 0 aliphatic carbocycles. The van der Waals surface area contributed by atoms with Crippen LogP contribution in [0.5, 0.6) is 0 Å². The molecule has 0 amide bonds. The highest BCUT2D eigenvalue weighted by atomic mass is 17.5. The monoisotopic (exact) mass is 436 g/mol. The van der Waals surface area contributed by atoms with Gasteiger partial charge in [-0.2, -0.15) is 9.78 Å². The summed E-state index contributed by atoms with van der Waals surface area (Å²) in [6, 6.07) is 0. The van der Waals surface area contributed by atoms with E-state index >= 15 is 0 Å². The molecule has 0 radical (unpaired) electrons. The van der Waals surface area contributed by atoms with Gasteiger partial charge in [0.2, 0.25) is 0 Å². The van der Waals surface area contributed by atoms with E-state index in [1.807, 2.05) is 34.6 Å². The third-order valence-electron chi connectivity index (χ3n) is 3.33. The van der Waals surface area contributed by atoms with Gasteiger partial charge in [-0.15, -0.1) is 0 Å². The van der Waals surface area contributed by atoms with Gasteiger partial charge >= 0.3 is 17.9 Å². The van der Waals surface area contributed by atoms with Crippen molar-refractivity contribution in [3.05, 3.63) is 11.8 Å². The highest BCUT2D eigenvalue weighted by Crippen LogP contribution is 2.15. The zero-order chi connectivity index (χ0) is 23.6. The van der Waals surface area contributed by atoms with Crippen LogP contribution >= 0.6 is 0 Å². The first kappa shape index (κ1) is 30.0. The van der Waals surface area contributed by atoms with Crippen LogP contribution in [0.2, 0.25) is 0 Å². The summed E-state index contributed by atoms with van der Waals surface area (Å²) in [6.07, 6.45) is 5.70. The smallest absolute Gasteiger partial charge is 0.375 e. The van der Waals surface area contributed by atoms with Crippen LogP contribution in [0, 0.1) is 5.92 Å². The number of carboxylic acids is 2. The standard InChI is InChI=1S/C12H24O4.C8H12O6/c1-6-8-9-10(7-2)11(13)14-16-15-12(3,4)5;1-2-3-4-13-14-6(8(11)12)5-7(9)10/h10H,6-9H2,1-5H3;5H,2-4H2,1H3,(H,9,10)(H,11,12)/b;6-5+. The Labute approximate surface area is 177 Å². The van der Waals surface area contributed by atoms with Crippen molar-refractivity contribution in [2.24, 2.45) is 5.92 Å². The second-order valence-corrected chi connectivity index (χ2v) is 7.32. The fourth-order valence-electron chi connectivity index (χ4n) is 1.70. The van der Waals surface area contributed by atoms with Crippen molar-refractivity contribution in [3.63, 3.8) is 0 Å². The molecule has 0 aromatic carbocycles. The molecule has 0 aromatic rings. The van der Waals surface area contributed by atoms with E-state index in [1.165, 1.54) is 0 Å². The summed E-state index contributed by atoms with van der Waals surface area (Å²) in [5.41, 5.74) is -0.481. The summed E-state index contributed by atoms with van der Waals surface area (Å²) in [5.74, 6) is -4.07. The molecule has 0 saturated carbocycles. The van der Waals surface area contributed by atoms with Crippen molar-refractivity contribution in [2.45, 2.75) is 85.7 Å². The summed E-state index contributed by atoms with van der Waals surface area (Å²) >= 11 is 0. The maximum atomic E-state index is 11.5. The van der Waals surface area contributed by atoms with Crippen LogP contribution in [0.15, 0.2) is 11.8 Å². The predicted molar refractivity (Wildman–Crippen MR) is 107 cm³/mol. The van der Waals surface area contributed by atoms with E-state index in [1.54, 1.807) is 0 Å². The van der Waals surface area contributed by atoms with Crippen molar-refractivity contribution >= 4 is 17.9 Å². The highest BCUT2D eigenvalue weighted by Gasteiger charge is 2.20. The first-order chi connectivity index (χ1) is 14.0. The predicted octanol–water partition coefficient (Wildman–Crippen LogP) is 4.20. The quantitative estimate of drug-likeness (QED) is 0.134. The lowest BCUT2D eigenvalue weighted by Crippen LogP contribution is -2.23. The first-order valence-electron chi connectivity index (χ1n) is 10.0. The molecule has 0 aliphatic rings. The largest absolute Gasteiger partial charge is 0.478 e. The maximum absolute atomic E-state index is 11.5. The average molecular weight is 436 g/mol. The Morgan fingerprint density at radius 2 is 1.57 bits per heavy atom. The van der Waals surface area contributed by atoms with E-state index < -0.39 is 23.3 Å². The van der Waals surface area contributed by atoms with Gasteiger partial charge in [0.1, 0.15) is 0 Å². The van der Waals surface area contributed by atoms with Crippen LogP contribution in [0.25, 0.3) is 0 Å². The minimum atomic E-state index is -1.48. The maximum Gasteiger partial charge on any atom is 0.375 e. The molecular weight excluding hydrogens is 400 g/mol. The van der Waals surface area contributed by atoms with Crippen LogP contribution < -0.4 is 0 Å². The fourth-order valence-corrected chi connectivity index (χ4v) is 1.70. The lowest BCUT2D eigenvalue weighted by atomic mass is 10.00. The topological polar surface area (TPSA) is 138 Å². The van der Waals surface area contributed by atoms with E-state index in [4.69, 9.17) is 15.1 Å². The Bertz CT molecular complexity index is 522. The lowest BCUT2D eigenvalue weighted by molar-refractivity contribution is -0.515. The van der Waals surface area contributed by atoms with Crippen LogP contribution in [0.4, 0.5) is 0 Å². The van der Waals surface area contributed by atoms with Gasteiger partial charge in [-0.1, -0.05) is 40.0 Å². The SMILES string of the molecule is CCCCC(CC)C(=O)OOOC(C)(C)C.CCCCOO/C(=C/C(=O)O)C(=O)O. The molecule has 10 heteroatoms. The second-order valence-electron chi connectivity index (χ2n) is 7.32. The Morgan fingerprint density at radius 1 is 0.967 bits per heavy atom. The van der Waals surface area contributed by atoms with Gasteiger partial charge in [0.05, 0.1) is 24.2 Å². The summed E-state index contributed by atoms with van der Waals surface area (Å²) in [5, 5.41) is 21.2. The molecule has 1 atom stereocenters. The molecular formula is C20H36O10. The van der Waals surface area contributed by atoms with Crippen LogP contribution in [0.3, 0.4) is 0 Å². The fraction of sp³-hybridized carbons (Fsp3) is 0.750. The second kappa shape index (κ2) is 17.7. The van der Waals surface area contributed by atoms with Gasteiger partial charge in [-0.25, -0.2) is 14.4 Å². The first-order valence-corrected chi connectivity index (χ1v) is 10.0.